The molecule has 0 spiro atoms. The van der Waals surface area contributed by atoms with E-state index in [1.807, 2.05) is 0 Å². The minimum Gasteiger partial charge on any atom is -0.481 e. The zero-order valence-corrected chi connectivity index (χ0v) is 9.56. The fourth-order valence-electron chi connectivity index (χ4n) is 0.747. The number of halogens is 1. The van der Waals surface area contributed by atoms with Crippen molar-refractivity contribution in [1.82, 2.24) is 0 Å². The molecule has 0 aliphatic rings. The molecule has 0 fully saturated rings. The molecule has 0 rings (SSSR count). The van der Waals surface area contributed by atoms with Crippen LogP contribution in [0.3, 0.4) is 0 Å². The maximum atomic E-state index is 10.4. The molecule has 1 N–H and O–H groups in total. The van der Waals surface area contributed by atoms with Gasteiger partial charge in [0.25, 0.3) is 0 Å². The van der Waals surface area contributed by atoms with Gasteiger partial charge in [-0.25, -0.2) is 0 Å². The third-order valence-corrected chi connectivity index (χ3v) is 2.27. The van der Waals surface area contributed by atoms with Crippen LogP contribution >= 0.6 is 10.7 Å². The highest BCUT2D eigenvalue weighted by atomic mass is 35.7. The van der Waals surface area contributed by atoms with E-state index in [9.17, 15) is 13.2 Å². The van der Waals surface area contributed by atoms with Crippen molar-refractivity contribution in [3.8, 4) is 0 Å². The zero-order chi connectivity index (χ0) is 11.4. The van der Waals surface area contributed by atoms with Gasteiger partial charge >= 0.3 is 15.3 Å². The van der Waals surface area contributed by atoms with E-state index in [0.29, 0.717) is 6.42 Å². The Kier molecular flexibility index (Phi) is 4.83. The van der Waals surface area contributed by atoms with Crippen LogP contribution in [0.4, 0.5) is 0 Å². The highest BCUT2D eigenvalue weighted by Crippen LogP contribution is 2.23. The SMILES string of the molecule is CC(C)(CCC(=O)O)COS(=O)(=O)Cl. The molecule has 84 valence electrons. The molecule has 0 heterocycles. The quantitative estimate of drug-likeness (QED) is 0.714. The van der Waals surface area contributed by atoms with E-state index in [-0.39, 0.29) is 13.0 Å². The van der Waals surface area contributed by atoms with Gasteiger partial charge in [-0.2, -0.15) is 8.42 Å². The van der Waals surface area contributed by atoms with E-state index >= 15 is 0 Å². The van der Waals surface area contributed by atoms with Crippen LogP contribution in [-0.4, -0.2) is 26.1 Å². The van der Waals surface area contributed by atoms with E-state index in [1.165, 1.54) is 0 Å². The first kappa shape index (κ1) is 13.7. The van der Waals surface area contributed by atoms with Crippen LogP contribution < -0.4 is 0 Å². The highest BCUT2D eigenvalue weighted by Gasteiger charge is 2.22. The Morgan fingerprint density at radius 2 is 2.00 bits per heavy atom. The van der Waals surface area contributed by atoms with Crippen molar-refractivity contribution in [2.45, 2.75) is 26.7 Å². The van der Waals surface area contributed by atoms with Crippen LogP contribution in [-0.2, 0) is 18.3 Å². The predicted molar refractivity (Wildman–Crippen MR) is 51.4 cm³/mol. The molecule has 0 saturated heterocycles. The number of carboxylic acids is 1. The normalized spacial score (nSPS) is 12.8. The number of hydrogen-bond acceptors (Lipinski definition) is 4. The summed E-state index contributed by atoms with van der Waals surface area (Å²) in [5.41, 5.74) is -0.527. The van der Waals surface area contributed by atoms with Gasteiger partial charge in [0.2, 0.25) is 0 Å². The molecule has 0 amide bonds. The molecule has 0 aliphatic heterocycles. The van der Waals surface area contributed by atoms with Gasteiger partial charge in [-0.05, 0) is 11.8 Å². The third kappa shape index (κ3) is 8.28. The van der Waals surface area contributed by atoms with Gasteiger partial charge in [0.1, 0.15) is 0 Å². The minimum absolute atomic E-state index is 0.0291. The van der Waals surface area contributed by atoms with Crippen LogP contribution in [0.1, 0.15) is 26.7 Å². The van der Waals surface area contributed by atoms with Gasteiger partial charge in [0, 0.05) is 17.1 Å². The van der Waals surface area contributed by atoms with E-state index < -0.39 is 20.7 Å². The molecular formula is C7H13ClO5S. The first-order valence-corrected chi connectivity index (χ1v) is 6.17. The first-order chi connectivity index (χ1) is 6.12. The number of aliphatic carboxylic acids is 1. The van der Waals surface area contributed by atoms with Crippen molar-refractivity contribution >= 4 is 26.0 Å². The van der Waals surface area contributed by atoms with Crippen molar-refractivity contribution in [3.05, 3.63) is 0 Å². The topological polar surface area (TPSA) is 80.7 Å². The highest BCUT2D eigenvalue weighted by molar-refractivity contribution is 8.09. The predicted octanol–water partition coefficient (Wildman–Crippen LogP) is 1.38. The Hall–Kier alpha value is -0.330. The summed E-state index contributed by atoms with van der Waals surface area (Å²) in [5, 5.41) is 8.42. The molecule has 0 radical (unpaired) electrons. The van der Waals surface area contributed by atoms with E-state index in [1.54, 1.807) is 13.8 Å². The Bertz CT molecular complexity index is 295. The molecule has 0 saturated carbocycles. The third-order valence-electron chi connectivity index (χ3n) is 1.61. The van der Waals surface area contributed by atoms with Crippen molar-refractivity contribution in [2.75, 3.05) is 6.61 Å². The second-order valence-corrected chi connectivity index (χ2v) is 5.87. The number of hydrogen-bond donors (Lipinski definition) is 1. The molecular weight excluding hydrogens is 232 g/mol. The summed E-state index contributed by atoms with van der Waals surface area (Å²) in [6.45, 7) is 3.29. The lowest BCUT2D eigenvalue weighted by atomic mass is 9.89. The minimum atomic E-state index is -3.97. The summed E-state index contributed by atoms with van der Waals surface area (Å²) in [7, 11) is 0.865. The van der Waals surface area contributed by atoms with Gasteiger partial charge in [-0.1, -0.05) is 13.8 Å². The summed E-state index contributed by atoms with van der Waals surface area (Å²) >= 11 is 0. The van der Waals surface area contributed by atoms with Gasteiger partial charge in [-0.15, -0.1) is 0 Å². The molecule has 7 heteroatoms. The molecule has 0 atom stereocenters. The van der Waals surface area contributed by atoms with Crippen LogP contribution in [0.25, 0.3) is 0 Å². The van der Waals surface area contributed by atoms with Gasteiger partial charge < -0.3 is 5.11 Å². The van der Waals surface area contributed by atoms with Gasteiger partial charge in [-0.3, -0.25) is 8.98 Å². The van der Waals surface area contributed by atoms with Crippen LogP contribution in [0.15, 0.2) is 0 Å². The monoisotopic (exact) mass is 244 g/mol. The Labute approximate surface area is 87.6 Å². The maximum Gasteiger partial charge on any atom is 0.355 e. The summed E-state index contributed by atoms with van der Waals surface area (Å²) in [4.78, 5) is 10.3. The van der Waals surface area contributed by atoms with Crippen LogP contribution in [0.2, 0.25) is 0 Å². The Morgan fingerprint density at radius 1 is 1.50 bits per heavy atom. The average Bonchev–Trinajstić information content (AvgIpc) is 1.97. The molecule has 0 aliphatic carbocycles. The van der Waals surface area contributed by atoms with Crippen LogP contribution in [0, 0.1) is 5.41 Å². The second-order valence-electron chi connectivity index (χ2n) is 3.71. The van der Waals surface area contributed by atoms with E-state index in [0.717, 1.165) is 0 Å². The Balaban J connectivity index is 4.01. The smallest absolute Gasteiger partial charge is 0.355 e. The molecule has 0 unspecified atom stereocenters. The summed E-state index contributed by atoms with van der Waals surface area (Å²) < 4.78 is 25.3. The maximum absolute atomic E-state index is 10.4. The van der Waals surface area contributed by atoms with Crippen molar-refractivity contribution in [1.29, 1.82) is 0 Å². The standard InChI is InChI=1S/C7H13ClO5S/c1-7(2,4-3-6(9)10)5-13-14(8,11)12/h3-5H2,1-2H3,(H,9,10). The van der Waals surface area contributed by atoms with Gasteiger partial charge in [0.15, 0.2) is 0 Å². The largest absolute Gasteiger partial charge is 0.481 e. The van der Waals surface area contributed by atoms with E-state index in [2.05, 4.69) is 4.18 Å². The number of carboxylic acid groups (broad SMARTS) is 1. The van der Waals surface area contributed by atoms with Crippen molar-refractivity contribution < 1.29 is 22.5 Å². The molecule has 5 nitrogen and oxygen atoms in total. The lowest BCUT2D eigenvalue weighted by Gasteiger charge is -2.21. The lowest BCUT2D eigenvalue weighted by molar-refractivity contribution is -0.137. The van der Waals surface area contributed by atoms with Gasteiger partial charge in [0.05, 0.1) is 6.61 Å². The van der Waals surface area contributed by atoms with Crippen molar-refractivity contribution in [3.63, 3.8) is 0 Å². The lowest BCUT2D eigenvalue weighted by Crippen LogP contribution is -2.21. The molecule has 0 aromatic rings. The molecule has 0 bridgehead atoms. The summed E-state index contributed by atoms with van der Waals surface area (Å²) in [5.74, 6) is -0.924. The molecule has 0 aromatic heterocycles. The van der Waals surface area contributed by atoms with E-state index in [4.69, 9.17) is 15.8 Å². The second kappa shape index (κ2) is 4.95. The summed E-state index contributed by atoms with van der Waals surface area (Å²) in [6, 6.07) is 0. The molecule has 0 aromatic carbocycles. The zero-order valence-electron chi connectivity index (χ0n) is 7.99. The number of rotatable bonds is 6. The fraction of sp³-hybridized carbons (Fsp3) is 0.857. The van der Waals surface area contributed by atoms with Crippen LogP contribution in [0.5, 0.6) is 0 Å². The average molecular weight is 245 g/mol. The fourth-order valence-corrected chi connectivity index (χ4v) is 1.34. The van der Waals surface area contributed by atoms with Crippen molar-refractivity contribution in [2.24, 2.45) is 5.41 Å². The number of carbonyl (C=O) groups is 1. The first-order valence-electron chi connectivity index (χ1n) is 3.93. The summed E-state index contributed by atoms with van der Waals surface area (Å²) in [6.07, 6.45) is 0.299. The Morgan fingerprint density at radius 3 is 2.36 bits per heavy atom. The molecule has 14 heavy (non-hydrogen) atoms.